The number of rotatable bonds is 2. The van der Waals surface area contributed by atoms with E-state index in [2.05, 4.69) is 36.9 Å². The summed E-state index contributed by atoms with van der Waals surface area (Å²) in [6.07, 6.45) is 5.50. The van der Waals surface area contributed by atoms with Crippen LogP contribution in [0.15, 0.2) is 41.4 Å². The molecule has 5 heteroatoms. The van der Waals surface area contributed by atoms with E-state index in [1.807, 2.05) is 4.57 Å². The van der Waals surface area contributed by atoms with Crippen LogP contribution in [-0.4, -0.2) is 10.5 Å². The first-order valence-corrected chi connectivity index (χ1v) is 8.57. The molecule has 24 heavy (non-hydrogen) atoms. The highest BCUT2D eigenvalue weighted by molar-refractivity contribution is 7.16. The molecule has 0 aliphatic carbocycles. The molecule has 0 spiro atoms. The number of nitrogens with zero attached hydrogens (tertiary/aromatic N) is 2. The van der Waals surface area contributed by atoms with Crippen molar-refractivity contribution in [2.24, 2.45) is 4.99 Å². The van der Waals surface area contributed by atoms with Gasteiger partial charge in [-0.3, -0.25) is 4.79 Å². The van der Waals surface area contributed by atoms with Gasteiger partial charge >= 0.3 is 0 Å². The van der Waals surface area contributed by atoms with Crippen LogP contribution in [0.3, 0.4) is 0 Å². The number of hydrogen-bond donors (Lipinski definition) is 0. The van der Waals surface area contributed by atoms with Crippen LogP contribution in [0, 0.1) is 26.2 Å². The van der Waals surface area contributed by atoms with Crippen LogP contribution in [0.5, 0.6) is 0 Å². The number of amides is 1. The second-order valence-corrected chi connectivity index (χ2v) is 6.95. The van der Waals surface area contributed by atoms with E-state index in [0.717, 1.165) is 10.2 Å². The molecule has 0 unspecified atom stereocenters. The highest BCUT2D eigenvalue weighted by atomic mass is 35.5. The van der Waals surface area contributed by atoms with Crippen molar-refractivity contribution in [3.8, 4) is 12.3 Å². The Morgan fingerprint density at radius 3 is 2.75 bits per heavy atom. The van der Waals surface area contributed by atoms with Crippen molar-refractivity contribution < 1.29 is 4.79 Å². The Morgan fingerprint density at radius 2 is 2.04 bits per heavy atom. The molecule has 0 bridgehead atoms. The van der Waals surface area contributed by atoms with Crippen molar-refractivity contribution in [1.82, 2.24) is 4.57 Å². The predicted octanol–water partition coefficient (Wildman–Crippen LogP) is 4.35. The largest absolute Gasteiger partial charge is 0.305 e. The van der Waals surface area contributed by atoms with Gasteiger partial charge in [0.1, 0.15) is 0 Å². The number of aromatic nitrogens is 1. The zero-order valence-electron chi connectivity index (χ0n) is 13.3. The monoisotopic (exact) mass is 354 g/mol. The van der Waals surface area contributed by atoms with E-state index in [1.165, 1.54) is 22.5 Å². The maximum absolute atomic E-state index is 12.4. The van der Waals surface area contributed by atoms with Crippen molar-refractivity contribution >= 4 is 39.1 Å². The molecule has 3 rings (SSSR count). The van der Waals surface area contributed by atoms with E-state index in [4.69, 9.17) is 18.0 Å². The first-order valence-electron chi connectivity index (χ1n) is 7.38. The SMILES string of the molecule is C#CCn1c(=NC(=O)c2cccc(Cl)c2)sc2cc(C)c(C)cc21. The van der Waals surface area contributed by atoms with Crippen molar-refractivity contribution in [1.29, 1.82) is 0 Å². The van der Waals surface area contributed by atoms with E-state index < -0.39 is 0 Å². The van der Waals surface area contributed by atoms with Gasteiger partial charge in [0.05, 0.1) is 16.8 Å². The lowest BCUT2D eigenvalue weighted by atomic mass is 10.1. The molecule has 0 N–H and O–H groups in total. The molecule has 3 aromatic rings. The molecule has 0 saturated carbocycles. The average Bonchev–Trinajstić information content (AvgIpc) is 2.85. The lowest BCUT2D eigenvalue weighted by molar-refractivity contribution is 0.0998. The van der Waals surface area contributed by atoms with Crippen molar-refractivity contribution in [2.45, 2.75) is 20.4 Å². The maximum Gasteiger partial charge on any atom is 0.279 e. The van der Waals surface area contributed by atoms with Gasteiger partial charge in [0.25, 0.3) is 5.91 Å². The normalized spacial score (nSPS) is 11.7. The van der Waals surface area contributed by atoms with Crippen molar-refractivity contribution in [3.63, 3.8) is 0 Å². The van der Waals surface area contributed by atoms with E-state index in [-0.39, 0.29) is 5.91 Å². The summed E-state index contributed by atoms with van der Waals surface area (Å²) < 4.78 is 2.96. The fourth-order valence-electron chi connectivity index (χ4n) is 2.42. The van der Waals surface area contributed by atoms with E-state index in [9.17, 15) is 4.79 Å². The Labute approximate surface area is 149 Å². The summed E-state index contributed by atoms with van der Waals surface area (Å²) in [5.41, 5.74) is 3.83. The molecule has 3 nitrogen and oxygen atoms in total. The predicted molar refractivity (Wildman–Crippen MR) is 99.5 cm³/mol. The highest BCUT2D eigenvalue weighted by Gasteiger charge is 2.10. The van der Waals surface area contributed by atoms with Crippen LogP contribution in [-0.2, 0) is 6.54 Å². The molecular formula is C19H15ClN2OS. The minimum atomic E-state index is -0.330. The number of carbonyl (C=O) groups excluding carboxylic acids is 1. The van der Waals surface area contributed by atoms with Crippen LogP contribution >= 0.6 is 22.9 Å². The zero-order chi connectivity index (χ0) is 17.3. The number of hydrogen-bond acceptors (Lipinski definition) is 2. The molecule has 0 atom stereocenters. The van der Waals surface area contributed by atoms with Crippen LogP contribution in [0.4, 0.5) is 0 Å². The average molecular weight is 355 g/mol. The van der Waals surface area contributed by atoms with Gasteiger partial charge in [-0.15, -0.1) is 6.42 Å². The molecule has 0 fully saturated rings. The number of halogens is 1. The molecule has 2 aromatic carbocycles. The van der Waals surface area contributed by atoms with Crippen molar-refractivity contribution in [3.05, 3.63) is 62.9 Å². The van der Waals surface area contributed by atoms with E-state index in [0.29, 0.717) is 21.9 Å². The van der Waals surface area contributed by atoms with Gasteiger partial charge in [0.15, 0.2) is 4.80 Å². The number of terminal acetylenes is 1. The Bertz CT molecular complexity index is 1050. The van der Waals surface area contributed by atoms with Gasteiger partial charge in [-0.1, -0.05) is 34.9 Å². The molecule has 120 valence electrons. The van der Waals surface area contributed by atoms with E-state index in [1.54, 1.807) is 24.3 Å². The highest BCUT2D eigenvalue weighted by Crippen LogP contribution is 2.22. The number of benzene rings is 2. The number of fused-ring (bicyclic) bond motifs is 1. The van der Waals surface area contributed by atoms with Gasteiger partial charge in [0.2, 0.25) is 0 Å². The summed E-state index contributed by atoms with van der Waals surface area (Å²) in [7, 11) is 0. The molecule has 1 amide bonds. The van der Waals surface area contributed by atoms with Crippen molar-refractivity contribution in [2.75, 3.05) is 0 Å². The van der Waals surface area contributed by atoms with Crippen LogP contribution < -0.4 is 4.80 Å². The molecule has 1 heterocycles. The molecule has 0 saturated heterocycles. The molecule has 0 aliphatic heterocycles. The summed E-state index contributed by atoms with van der Waals surface area (Å²) in [6, 6.07) is 11.0. The number of aryl methyl sites for hydroxylation is 2. The fraction of sp³-hybridized carbons (Fsp3) is 0.158. The molecule has 0 radical (unpaired) electrons. The molecule has 1 aromatic heterocycles. The third-order valence-electron chi connectivity index (χ3n) is 3.82. The number of thiazole rings is 1. The Morgan fingerprint density at radius 1 is 1.29 bits per heavy atom. The van der Waals surface area contributed by atoms with Crippen LogP contribution in [0.1, 0.15) is 21.5 Å². The van der Waals surface area contributed by atoms with Gasteiger partial charge < -0.3 is 4.57 Å². The minimum absolute atomic E-state index is 0.330. The van der Waals surface area contributed by atoms with E-state index >= 15 is 0 Å². The lowest BCUT2D eigenvalue weighted by Gasteiger charge is -2.03. The summed E-state index contributed by atoms with van der Waals surface area (Å²) in [5, 5.41) is 0.509. The maximum atomic E-state index is 12.4. The lowest BCUT2D eigenvalue weighted by Crippen LogP contribution is -2.16. The third-order valence-corrected chi connectivity index (χ3v) is 5.09. The second-order valence-electron chi connectivity index (χ2n) is 5.51. The fourth-order valence-corrected chi connectivity index (χ4v) is 3.72. The zero-order valence-corrected chi connectivity index (χ0v) is 14.9. The van der Waals surface area contributed by atoms with Crippen LogP contribution in [0.2, 0.25) is 5.02 Å². The number of carbonyl (C=O) groups is 1. The third kappa shape index (κ3) is 3.14. The Kier molecular flexibility index (Phi) is 4.57. The quantitative estimate of drug-likeness (QED) is 0.630. The standard InChI is InChI=1S/C19H15ClN2OS/c1-4-8-22-16-9-12(2)13(3)10-17(16)24-19(22)21-18(23)14-6-5-7-15(20)11-14/h1,5-7,9-11H,8H2,2-3H3. The second kappa shape index (κ2) is 6.64. The smallest absolute Gasteiger partial charge is 0.279 e. The topological polar surface area (TPSA) is 34.4 Å². The summed E-state index contributed by atoms with van der Waals surface area (Å²) >= 11 is 7.41. The van der Waals surface area contributed by atoms with Gasteiger partial charge in [-0.2, -0.15) is 4.99 Å². The molecular weight excluding hydrogens is 340 g/mol. The summed E-state index contributed by atoms with van der Waals surface area (Å²) in [6.45, 7) is 4.48. The van der Waals surface area contributed by atoms with Gasteiger partial charge in [-0.05, 0) is 55.3 Å². The summed E-state index contributed by atoms with van der Waals surface area (Å²) in [5.74, 6) is 2.31. The van der Waals surface area contributed by atoms with Gasteiger partial charge in [-0.25, -0.2) is 0 Å². The first-order chi connectivity index (χ1) is 11.5. The Hall–Kier alpha value is -2.35. The minimum Gasteiger partial charge on any atom is -0.305 e. The summed E-state index contributed by atoms with van der Waals surface area (Å²) in [4.78, 5) is 17.3. The molecule has 0 aliphatic rings. The first kappa shape index (κ1) is 16.5. The van der Waals surface area contributed by atoms with Gasteiger partial charge in [0, 0.05) is 10.6 Å². The van der Waals surface area contributed by atoms with Crippen LogP contribution in [0.25, 0.3) is 10.2 Å². The Balaban J connectivity index is 2.19.